The molecule has 2 heterocycles. The van der Waals surface area contributed by atoms with Crippen molar-refractivity contribution in [2.24, 2.45) is 5.92 Å². The number of piperidine rings is 1. The second-order valence-electron chi connectivity index (χ2n) is 6.94. The Morgan fingerprint density at radius 3 is 2.83 bits per heavy atom. The van der Waals surface area contributed by atoms with Crippen molar-refractivity contribution in [1.82, 2.24) is 10.2 Å². The standard InChI is InChI=1S/C20H23ClN2/c1-23-11-8-14(9-12-23)19-18-7-6-17(21)13-16(18)5-4-15-3-2-10-22-20(15)19/h2-7,10,13-14,19-20,22H,8-9,11-12H2,1H3. The molecule has 4 rings (SSSR count). The quantitative estimate of drug-likeness (QED) is 0.832. The molecule has 0 amide bonds. The number of halogens is 1. The lowest BCUT2D eigenvalue weighted by atomic mass is 9.73. The highest BCUT2D eigenvalue weighted by Gasteiger charge is 2.36. The van der Waals surface area contributed by atoms with Crippen molar-refractivity contribution < 1.29 is 0 Å². The van der Waals surface area contributed by atoms with Crippen molar-refractivity contribution in [2.75, 3.05) is 20.1 Å². The molecular weight excluding hydrogens is 304 g/mol. The van der Waals surface area contributed by atoms with Gasteiger partial charge in [0.05, 0.1) is 6.04 Å². The van der Waals surface area contributed by atoms with Gasteiger partial charge in [-0.1, -0.05) is 35.9 Å². The molecule has 23 heavy (non-hydrogen) atoms. The number of likely N-dealkylation sites (tertiary alicyclic amines) is 1. The number of allylic oxidation sites excluding steroid dienone is 2. The molecule has 1 saturated heterocycles. The zero-order valence-corrected chi connectivity index (χ0v) is 14.3. The van der Waals surface area contributed by atoms with Crippen LogP contribution < -0.4 is 5.32 Å². The lowest BCUT2D eigenvalue weighted by molar-refractivity contribution is 0.188. The van der Waals surface area contributed by atoms with Gasteiger partial charge in [0.15, 0.2) is 0 Å². The highest BCUT2D eigenvalue weighted by Crippen LogP contribution is 2.42. The van der Waals surface area contributed by atoms with E-state index in [4.69, 9.17) is 11.6 Å². The molecule has 1 aromatic rings. The predicted octanol–water partition coefficient (Wildman–Crippen LogP) is 4.20. The summed E-state index contributed by atoms with van der Waals surface area (Å²) < 4.78 is 0. The van der Waals surface area contributed by atoms with Crippen molar-refractivity contribution >= 4 is 17.7 Å². The summed E-state index contributed by atoms with van der Waals surface area (Å²) in [6.45, 7) is 2.39. The average Bonchev–Trinajstić information content (AvgIpc) is 2.72. The van der Waals surface area contributed by atoms with Crippen LogP contribution >= 0.6 is 11.6 Å². The number of nitrogens with one attached hydrogen (secondary N) is 1. The van der Waals surface area contributed by atoms with Gasteiger partial charge in [-0.15, -0.1) is 0 Å². The highest BCUT2D eigenvalue weighted by molar-refractivity contribution is 6.30. The summed E-state index contributed by atoms with van der Waals surface area (Å²) in [5.41, 5.74) is 4.10. The van der Waals surface area contributed by atoms with E-state index in [1.807, 2.05) is 6.07 Å². The van der Waals surface area contributed by atoms with E-state index in [2.05, 4.69) is 59.9 Å². The molecule has 0 aromatic heterocycles. The first-order valence-electron chi connectivity index (χ1n) is 8.51. The third-order valence-corrected chi connectivity index (χ3v) is 5.75. The lowest BCUT2D eigenvalue weighted by Crippen LogP contribution is -2.41. The Kier molecular flexibility index (Phi) is 4.04. The first kappa shape index (κ1) is 15.0. The van der Waals surface area contributed by atoms with E-state index in [1.165, 1.54) is 42.6 Å². The van der Waals surface area contributed by atoms with E-state index >= 15 is 0 Å². The van der Waals surface area contributed by atoms with E-state index in [-0.39, 0.29) is 0 Å². The minimum absolute atomic E-state index is 0.368. The van der Waals surface area contributed by atoms with Crippen molar-refractivity contribution in [3.8, 4) is 0 Å². The van der Waals surface area contributed by atoms with Crippen molar-refractivity contribution in [1.29, 1.82) is 0 Å². The number of dihydropyridines is 1. The summed E-state index contributed by atoms with van der Waals surface area (Å²) in [7, 11) is 2.23. The maximum Gasteiger partial charge on any atom is 0.0579 e. The molecule has 3 heteroatoms. The van der Waals surface area contributed by atoms with Crippen molar-refractivity contribution in [3.63, 3.8) is 0 Å². The molecule has 3 aliphatic rings. The summed E-state index contributed by atoms with van der Waals surface area (Å²) in [6.07, 6.45) is 13.4. The Hall–Kier alpha value is -1.51. The van der Waals surface area contributed by atoms with Gasteiger partial charge in [0, 0.05) is 10.9 Å². The Labute approximate surface area is 143 Å². The Bertz CT molecular complexity index is 681. The van der Waals surface area contributed by atoms with Gasteiger partial charge in [-0.25, -0.2) is 0 Å². The molecule has 0 spiro atoms. The van der Waals surface area contributed by atoms with Crippen LogP contribution in [-0.2, 0) is 0 Å². The lowest BCUT2D eigenvalue weighted by Gasteiger charge is -2.39. The third-order valence-electron chi connectivity index (χ3n) is 5.51. The van der Waals surface area contributed by atoms with Crippen molar-refractivity contribution in [2.45, 2.75) is 24.8 Å². The summed E-state index contributed by atoms with van der Waals surface area (Å²) in [5.74, 6) is 1.21. The summed E-state index contributed by atoms with van der Waals surface area (Å²) >= 11 is 6.25. The number of fused-ring (bicyclic) bond motifs is 2. The van der Waals surface area contributed by atoms with Gasteiger partial charge >= 0.3 is 0 Å². The number of hydrogen-bond acceptors (Lipinski definition) is 2. The van der Waals surface area contributed by atoms with Crippen LogP contribution in [-0.4, -0.2) is 31.1 Å². The maximum absolute atomic E-state index is 6.25. The Morgan fingerprint density at radius 2 is 2.00 bits per heavy atom. The van der Waals surface area contributed by atoms with Crippen LogP contribution in [0.25, 0.3) is 6.08 Å². The predicted molar refractivity (Wildman–Crippen MR) is 97.6 cm³/mol. The molecule has 2 atom stereocenters. The molecule has 0 saturated carbocycles. The average molecular weight is 327 g/mol. The third kappa shape index (κ3) is 2.86. The van der Waals surface area contributed by atoms with Gasteiger partial charge in [0.2, 0.25) is 0 Å². The minimum Gasteiger partial charge on any atom is -0.383 e. The first-order chi connectivity index (χ1) is 11.2. The van der Waals surface area contributed by atoms with Crippen LogP contribution in [0.3, 0.4) is 0 Å². The molecular formula is C20H23ClN2. The van der Waals surface area contributed by atoms with E-state index in [0.717, 1.165) is 5.02 Å². The molecule has 1 N–H and O–H groups in total. The zero-order chi connectivity index (χ0) is 15.8. The van der Waals surface area contributed by atoms with Gasteiger partial charge in [0.1, 0.15) is 0 Å². The zero-order valence-electron chi connectivity index (χ0n) is 13.5. The number of rotatable bonds is 1. The number of nitrogens with zero attached hydrogens (tertiary/aromatic N) is 1. The molecule has 2 nitrogen and oxygen atoms in total. The Balaban J connectivity index is 1.77. The van der Waals surface area contributed by atoms with Crippen LogP contribution in [0.15, 0.2) is 48.2 Å². The van der Waals surface area contributed by atoms with Crippen LogP contribution in [0.1, 0.15) is 29.9 Å². The summed E-state index contributed by atoms with van der Waals surface area (Å²) in [4.78, 5) is 2.44. The molecule has 2 unspecified atom stereocenters. The molecule has 2 aliphatic heterocycles. The summed E-state index contributed by atoms with van der Waals surface area (Å²) in [6, 6.07) is 6.77. The number of hydrogen-bond donors (Lipinski definition) is 1. The SMILES string of the molecule is CN1CCC(C2c3ccc(Cl)cc3C=CC3=CC=CNC32)CC1. The van der Waals surface area contributed by atoms with Crippen LogP contribution in [0.5, 0.6) is 0 Å². The molecule has 0 bridgehead atoms. The molecule has 120 valence electrons. The molecule has 1 aromatic carbocycles. The van der Waals surface area contributed by atoms with Crippen LogP contribution in [0, 0.1) is 5.92 Å². The van der Waals surface area contributed by atoms with Crippen molar-refractivity contribution in [3.05, 3.63) is 64.3 Å². The highest BCUT2D eigenvalue weighted by atomic mass is 35.5. The fourth-order valence-corrected chi connectivity index (χ4v) is 4.44. The van der Waals surface area contributed by atoms with Gasteiger partial charge in [-0.3, -0.25) is 0 Å². The molecule has 1 aliphatic carbocycles. The van der Waals surface area contributed by atoms with E-state index in [0.29, 0.717) is 17.9 Å². The number of benzene rings is 1. The first-order valence-corrected chi connectivity index (χ1v) is 8.89. The van der Waals surface area contributed by atoms with Gasteiger partial charge in [0.25, 0.3) is 0 Å². The molecule has 0 radical (unpaired) electrons. The largest absolute Gasteiger partial charge is 0.383 e. The second kappa shape index (κ2) is 6.18. The van der Waals surface area contributed by atoms with Crippen LogP contribution in [0.4, 0.5) is 0 Å². The Morgan fingerprint density at radius 1 is 1.17 bits per heavy atom. The monoisotopic (exact) mass is 326 g/mol. The molecule has 1 fully saturated rings. The van der Waals surface area contributed by atoms with Gasteiger partial charge in [-0.05, 0) is 80.0 Å². The van der Waals surface area contributed by atoms with E-state index in [1.54, 1.807) is 0 Å². The maximum atomic E-state index is 6.25. The van der Waals surface area contributed by atoms with Crippen LogP contribution in [0.2, 0.25) is 5.02 Å². The second-order valence-corrected chi connectivity index (χ2v) is 7.38. The van der Waals surface area contributed by atoms with Gasteiger partial charge in [-0.2, -0.15) is 0 Å². The van der Waals surface area contributed by atoms with E-state index < -0.39 is 0 Å². The normalized spacial score (nSPS) is 27.7. The smallest absolute Gasteiger partial charge is 0.0579 e. The fourth-order valence-electron chi connectivity index (χ4n) is 4.26. The summed E-state index contributed by atoms with van der Waals surface area (Å²) in [5, 5.41) is 4.45. The topological polar surface area (TPSA) is 15.3 Å². The fraction of sp³-hybridized carbons (Fsp3) is 0.400. The van der Waals surface area contributed by atoms with Gasteiger partial charge < -0.3 is 10.2 Å². The van der Waals surface area contributed by atoms with E-state index in [9.17, 15) is 0 Å². The minimum atomic E-state index is 0.368.